The van der Waals surface area contributed by atoms with Crippen molar-refractivity contribution in [3.05, 3.63) is 437 Å². The standard InChI is InChI=1S/C58H38N2S.C52H34N2S/c1-3-14-39(15-4-1)40-28-32-47(33-29-40)59(55-26-13-27-56-57(55)51-34-30-41-16-7-8-23-49(41)58(51)61-56)48-22-12-19-44(37-48)42-17-11-18-43(36-42)45-31-35-54-52(38-45)50-24-9-10-25-53(50)60(54)46-20-5-2-6-21-46;1-3-12-35(13-4-1)36-22-28-41(29-23-36)53(49-20-11-21-50-51(49)45-32-26-38-14-7-8-17-43(38)52(45)55-50)42-30-24-37(25-31-42)39-27-33-48-46(34-39)44-18-9-10-19-47(44)54(48)40-15-5-2-6-16-40/h1-38H;1-34H. The third-order valence-corrected chi connectivity index (χ3v) is 25.6. The molecule has 544 valence electrons. The van der Waals surface area contributed by atoms with E-state index >= 15 is 0 Å². The molecule has 4 aromatic heterocycles. The first-order valence-electron chi connectivity index (χ1n) is 39.6. The van der Waals surface area contributed by atoms with Crippen molar-refractivity contribution >= 4 is 162 Å². The highest BCUT2D eigenvalue weighted by atomic mass is 32.1. The normalized spacial score (nSPS) is 11.6. The molecule has 0 fully saturated rings. The molecule has 0 N–H and O–H groups in total. The van der Waals surface area contributed by atoms with Crippen molar-refractivity contribution in [2.75, 3.05) is 9.80 Å². The zero-order valence-electron chi connectivity index (χ0n) is 63.2. The molecule has 0 saturated heterocycles. The highest BCUT2D eigenvalue weighted by molar-refractivity contribution is 7.27. The SMILES string of the molecule is c1ccc(-c2ccc(N(c3ccc(-c4ccc5c(c4)c4ccccc4n5-c4ccccc4)cc3)c3cccc4sc5c6ccccc6ccc5c34)cc2)cc1.c1ccc(-c2ccc(N(c3cccc(-c4cccc(-c5ccc6c(c5)c5ccccc5n6-c5ccccc5)c4)c3)c3cccc4sc5c6ccccc6ccc5c34)cc2)cc1. The highest BCUT2D eigenvalue weighted by Gasteiger charge is 2.24. The zero-order chi connectivity index (χ0) is 76.6. The molecule has 0 radical (unpaired) electrons. The van der Waals surface area contributed by atoms with Crippen LogP contribution in [0.5, 0.6) is 0 Å². The average Bonchev–Trinajstić information content (AvgIpc) is 1.33. The Morgan fingerprint density at radius 2 is 0.500 bits per heavy atom. The molecule has 0 aliphatic rings. The second kappa shape index (κ2) is 28.8. The van der Waals surface area contributed by atoms with Gasteiger partial charge < -0.3 is 18.9 Å². The number of rotatable bonds is 13. The summed E-state index contributed by atoms with van der Waals surface area (Å²) in [6.45, 7) is 0. The van der Waals surface area contributed by atoms with E-state index in [0.29, 0.717) is 0 Å². The molecule has 19 aromatic carbocycles. The molecule has 4 nitrogen and oxygen atoms in total. The van der Waals surface area contributed by atoms with E-state index in [9.17, 15) is 0 Å². The van der Waals surface area contributed by atoms with Gasteiger partial charge in [-0.1, -0.05) is 297 Å². The minimum atomic E-state index is 1.11. The third kappa shape index (κ3) is 12.0. The van der Waals surface area contributed by atoms with Crippen LogP contribution < -0.4 is 9.80 Å². The molecule has 4 heterocycles. The lowest BCUT2D eigenvalue weighted by atomic mass is 9.97. The fourth-order valence-corrected chi connectivity index (χ4v) is 20.2. The summed E-state index contributed by atoms with van der Waals surface area (Å²) in [6, 6.07) is 159. The number of hydrogen-bond acceptors (Lipinski definition) is 4. The van der Waals surface area contributed by atoms with Crippen molar-refractivity contribution in [3.8, 4) is 67.0 Å². The Hall–Kier alpha value is -14.7. The van der Waals surface area contributed by atoms with Crippen LogP contribution in [0.15, 0.2) is 437 Å². The molecule has 23 aromatic rings. The number of fused-ring (bicyclic) bond motifs is 16. The fourth-order valence-electron chi connectivity index (χ4n) is 17.7. The maximum Gasteiger partial charge on any atom is 0.0554 e. The van der Waals surface area contributed by atoms with Gasteiger partial charge in [0.25, 0.3) is 0 Å². The van der Waals surface area contributed by atoms with Gasteiger partial charge in [0.2, 0.25) is 0 Å². The van der Waals surface area contributed by atoms with Gasteiger partial charge in [0, 0.05) is 96.0 Å². The Labute approximate surface area is 680 Å². The molecule has 0 saturated carbocycles. The van der Waals surface area contributed by atoms with Gasteiger partial charge in [0.1, 0.15) is 0 Å². The number of para-hydroxylation sites is 4. The van der Waals surface area contributed by atoms with Gasteiger partial charge in [-0.3, -0.25) is 0 Å². The Morgan fingerprint density at radius 3 is 0.957 bits per heavy atom. The van der Waals surface area contributed by atoms with Gasteiger partial charge in [-0.25, -0.2) is 0 Å². The molecule has 116 heavy (non-hydrogen) atoms. The molecule has 23 rings (SSSR count). The number of hydrogen-bond donors (Lipinski definition) is 0. The van der Waals surface area contributed by atoms with Crippen LogP contribution in [0.3, 0.4) is 0 Å². The second-order valence-electron chi connectivity index (χ2n) is 29.8. The van der Waals surface area contributed by atoms with Gasteiger partial charge in [-0.2, -0.15) is 0 Å². The summed E-state index contributed by atoms with van der Waals surface area (Å²) < 4.78 is 9.97. The lowest BCUT2D eigenvalue weighted by Crippen LogP contribution is -2.10. The summed E-state index contributed by atoms with van der Waals surface area (Å²) in [6.07, 6.45) is 0. The lowest BCUT2D eigenvalue weighted by molar-refractivity contribution is 1.18. The lowest BCUT2D eigenvalue weighted by Gasteiger charge is -2.27. The summed E-state index contributed by atoms with van der Waals surface area (Å²) in [5.41, 5.74) is 25.9. The number of nitrogens with zero attached hydrogens (tertiary/aromatic N) is 4. The van der Waals surface area contributed by atoms with Crippen molar-refractivity contribution in [1.82, 2.24) is 9.13 Å². The molecule has 0 aliphatic heterocycles. The van der Waals surface area contributed by atoms with E-state index in [2.05, 4.69) is 456 Å². The van der Waals surface area contributed by atoms with E-state index < -0.39 is 0 Å². The minimum absolute atomic E-state index is 1.11. The summed E-state index contributed by atoms with van der Waals surface area (Å²) in [5, 5.41) is 15.3. The fraction of sp³-hybridized carbons (Fsp3) is 0. The van der Waals surface area contributed by atoms with Crippen molar-refractivity contribution in [3.63, 3.8) is 0 Å². The van der Waals surface area contributed by atoms with Crippen molar-refractivity contribution < 1.29 is 0 Å². The summed E-state index contributed by atoms with van der Waals surface area (Å²) >= 11 is 3.77. The van der Waals surface area contributed by atoms with Crippen LogP contribution in [0.25, 0.3) is 173 Å². The molecular weight excluding hydrogens is 1440 g/mol. The molecule has 0 amide bonds. The molecular formula is C110H72N4S2. The third-order valence-electron chi connectivity index (χ3n) is 23.1. The Balaban J connectivity index is 0.000000141. The van der Waals surface area contributed by atoms with E-state index in [-0.39, 0.29) is 0 Å². The predicted molar refractivity (Wildman–Crippen MR) is 499 cm³/mol. The molecule has 0 atom stereocenters. The number of anilines is 6. The Kier molecular flexibility index (Phi) is 16.9. The van der Waals surface area contributed by atoms with Crippen LogP contribution in [-0.4, -0.2) is 9.13 Å². The number of aromatic nitrogens is 2. The topological polar surface area (TPSA) is 16.3 Å². The van der Waals surface area contributed by atoms with Crippen LogP contribution >= 0.6 is 22.7 Å². The van der Waals surface area contributed by atoms with Crippen molar-refractivity contribution in [1.29, 1.82) is 0 Å². The van der Waals surface area contributed by atoms with Gasteiger partial charge >= 0.3 is 0 Å². The van der Waals surface area contributed by atoms with E-state index in [0.717, 1.165) is 22.7 Å². The van der Waals surface area contributed by atoms with Crippen molar-refractivity contribution in [2.24, 2.45) is 0 Å². The zero-order valence-corrected chi connectivity index (χ0v) is 64.8. The first kappa shape index (κ1) is 68.2. The maximum absolute atomic E-state index is 2.45. The maximum atomic E-state index is 2.45. The largest absolute Gasteiger partial charge is 0.310 e. The quantitative estimate of drug-likeness (QED) is 0.114. The van der Waals surface area contributed by atoms with Crippen LogP contribution in [0.2, 0.25) is 0 Å². The van der Waals surface area contributed by atoms with E-state index in [4.69, 9.17) is 0 Å². The van der Waals surface area contributed by atoms with Gasteiger partial charge in [-0.05, 0) is 217 Å². The summed E-state index contributed by atoms with van der Waals surface area (Å²) in [4.78, 5) is 4.88. The number of benzene rings is 19. The monoisotopic (exact) mass is 1510 g/mol. The van der Waals surface area contributed by atoms with Crippen LogP contribution in [0.1, 0.15) is 0 Å². The van der Waals surface area contributed by atoms with Crippen LogP contribution in [0, 0.1) is 0 Å². The molecule has 0 bridgehead atoms. The number of thiophene rings is 2. The van der Waals surface area contributed by atoms with Gasteiger partial charge in [-0.15, -0.1) is 22.7 Å². The Bertz CT molecular complexity index is 7670. The first-order valence-corrected chi connectivity index (χ1v) is 41.2. The molecule has 0 aliphatic carbocycles. The minimum Gasteiger partial charge on any atom is -0.310 e. The van der Waals surface area contributed by atoms with Gasteiger partial charge in [0.05, 0.1) is 33.4 Å². The molecule has 0 spiro atoms. The van der Waals surface area contributed by atoms with Crippen molar-refractivity contribution in [2.45, 2.75) is 0 Å². The van der Waals surface area contributed by atoms with Crippen LogP contribution in [0.4, 0.5) is 34.1 Å². The van der Waals surface area contributed by atoms with Crippen LogP contribution in [-0.2, 0) is 0 Å². The van der Waals surface area contributed by atoms with Gasteiger partial charge in [0.15, 0.2) is 0 Å². The van der Waals surface area contributed by atoms with E-state index in [1.807, 2.05) is 22.7 Å². The molecule has 6 heteroatoms. The molecule has 0 unspecified atom stereocenters. The summed E-state index contributed by atoms with van der Waals surface area (Å²) in [7, 11) is 0. The highest BCUT2D eigenvalue weighted by Crippen LogP contribution is 2.51. The average molecular weight is 1510 g/mol. The Morgan fingerprint density at radius 1 is 0.181 bits per heavy atom. The predicted octanol–water partition coefficient (Wildman–Crippen LogP) is 31.9. The second-order valence-corrected chi connectivity index (χ2v) is 32.0. The smallest absolute Gasteiger partial charge is 0.0554 e. The first-order chi connectivity index (χ1) is 57.5. The summed E-state index contributed by atoms with van der Waals surface area (Å²) in [5.74, 6) is 0. The van der Waals surface area contributed by atoms with E-state index in [1.54, 1.807) is 0 Å². The van der Waals surface area contributed by atoms with E-state index in [1.165, 1.54) is 184 Å².